The van der Waals surface area contributed by atoms with Gasteiger partial charge in [0.25, 0.3) is 0 Å². The molecule has 1 amide bonds. The summed E-state index contributed by atoms with van der Waals surface area (Å²) in [6.45, 7) is 2.68. The number of benzene rings is 1. The van der Waals surface area contributed by atoms with Crippen LogP contribution in [0.3, 0.4) is 0 Å². The Bertz CT molecular complexity index is 600. The van der Waals surface area contributed by atoms with Crippen molar-refractivity contribution < 1.29 is 4.79 Å². The minimum absolute atomic E-state index is 0.0663. The van der Waals surface area contributed by atoms with Crippen LogP contribution in [0.25, 0.3) is 11.4 Å². The van der Waals surface area contributed by atoms with E-state index in [2.05, 4.69) is 25.9 Å². The van der Waals surface area contributed by atoms with E-state index in [0.29, 0.717) is 24.0 Å². The molecule has 0 radical (unpaired) electrons. The summed E-state index contributed by atoms with van der Waals surface area (Å²) in [4.78, 5) is 20.4. The Labute approximate surface area is 124 Å². The average molecular weight is 285 g/mol. The molecule has 0 aliphatic rings. The first-order valence-corrected chi connectivity index (χ1v) is 6.85. The van der Waals surface area contributed by atoms with Crippen LogP contribution < -0.4 is 16.0 Å². The van der Waals surface area contributed by atoms with Gasteiger partial charge in [0.15, 0.2) is 5.82 Å². The summed E-state index contributed by atoms with van der Waals surface area (Å²) < 4.78 is 0. The van der Waals surface area contributed by atoms with Crippen LogP contribution in [0, 0.1) is 0 Å². The molecule has 6 nitrogen and oxygen atoms in total. The zero-order valence-corrected chi connectivity index (χ0v) is 12.2. The number of amides is 1. The van der Waals surface area contributed by atoms with Gasteiger partial charge in [-0.15, -0.1) is 0 Å². The molecule has 0 aliphatic carbocycles. The molecule has 110 valence electrons. The van der Waals surface area contributed by atoms with Crippen LogP contribution >= 0.6 is 0 Å². The third kappa shape index (κ3) is 4.17. The lowest BCUT2D eigenvalue weighted by atomic mass is 10.2. The van der Waals surface area contributed by atoms with Crippen molar-refractivity contribution in [2.75, 3.05) is 30.8 Å². The van der Waals surface area contributed by atoms with E-state index in [9.17, 15) is 4.79 Å². The highest BCUT2D eigenvalue weighted by atomic mass is 16.1. The molecular weight excluding hydrogens is 266 g/mol. The topological polar surface area (TPSA) is 78.9 Å². The highest BCUT2D eigenvalue weighted by molar-refractivity contribution is 5.80. The first-order valence-electron chi connectivity index (χ1n) is 6.85. The Kier molecular flexibility index (Phi) is 5.09. The van der Waals surface area contributed by atoms with E-state index in [1.807, 2.05) is 37.3 Å². The maximum atomic E-state index is 11.5. The summed E-state index contributed by atoms with van der Waals surface area (Å²) in [7, 11) is 1.80. The van der Waals surface area contributed by atoms with Crippen LogP contribution in [0.1, 0.15) is 6.92 Å². The quantitative estimate of drug-likeness (QED) is 0.753. The minimum Gasteiger partial charge on any atom is -0.373 e. The van der Waals surface area contributed by atoms with Crippen LogP contribution in [0.15, 0.2) is 36.4 Å². The second-order valence-corrected chi connectivity index (χ2v) is 4.39. The fraction of sp³-hybridized carbons (Fsp3) is 0.267. The fourth-order valence-corrected chi connectivity index (χ4v) is 1.81. The van der Waals surface area contributed by atoms with E-state index < -0.39 is 0 Å². The molecule has 0 fully saturated rings. The molecule has 1 aromatic heterocycles. The summed E-state index contributed by atoms with van der Waals surface area (Å²) in [5.74, 6) is 1.85. The van der Waals surface area contributed by atoms with Gasteiger partial charge < -0.3 is 16.0 Å². The van der Waals surface area contributed by atoms with Gasteiger partial charge in [0.2, 0.25) is 5.91 Å². The molecule has 0 saturated heterocycles. The van der Waals surface area contributed by atoms with Crippen molar-refractivity contribution in [2.45, 2.75) is 6.92 Å². The van der Waals surface area contributed by atoms with Gasteiger partial charge in [0.05, 0.1) is 6.54 Å². The van der Waals surface area contributed by atoms with Crippen molar-refractivity contribution >= 4 is 17.5 Å². The van der Waals surface area contributed by atoms with Crippen molar-refractivity contribution in [2.24, 2.45) is 0 Å². The van der Waals surface area contributed by atoms with Crippen LogP contribution in [0.2, 0.25) is 0 Å². The Morgan fingerprint density at radius 3 is 2.52 bits per heavy atom. The molecule has 0 unspecified atom stereocenters. The number of anilines is 2. The second-order valence-electron chi connectivity index (χ2n) is 4.39. The maximum absolute atomic E-state index is 11.5. The van der Waals surface area contributed by atoms with Crippen LogP contribution in [-0.2, 0) is 4.79 Å². The Morgan fingerprint density at radius 2 is 1.86 bits per heavy atom. The van der Waals surface area contributed by atoms with Gasteiger partial charge in [0, 0.05) is 25.2 Å². The van der Waals surface area contributed by atoms with E-state index in [1.54, 1.807) is 13.1 Å². The molecule has 3 N–H and O–H groups in total. The van der Waals surface area contributed by atoms with Crippen molar-refractivity contribution in [1.29, 1.82) is 0 Å². The van der Waals surface area contributed by atoms with Crippen LogP contribution in [-0.4, -0.2) is 36.0 Å². The zero-order chi connectivity index (χ0) is 15.1. The van der Waals surface area contributed by atoms with Gasteiger partial charge in [-0.25, -0.2) is 9.97 Å². The van der Waals surface area contributed by atoms with E-state index in [0.717, 1.165) is 5.56 Å². The summed E-state index contributed by atoms with van der Waals surface area (Å²) in [5.41, 5.74) is 0.927. The summed E-state index contributed by atoms with van der Waals surface area (Å²) in [5, 5.41) is 8.74. The SMILES string of the molecule is CCNC(=O)CNc1cc(NC)nc(-c2ccccc2)n1. The number of nitrogens with zero attached hydrogens (tertiary/aromatic N) is 2. The number of hydrogen-bond acceptors (Lipinski definition) is 5. The third-order valence-corrected chi connectivity index (χ3v) is 2.82. The largest absolute Gasteiger partial charge is 0.373 e. The summed E-state index contributed by atoms with van der Waals surface area (Å²) in [6.07, 6.45) is 0. The van der Waals surface area contributed by atoms with Gasteiger partial charge in [-0.1, -0.05) is 30.3 Å². The number of likely N-dealkylation sites (N-methyl/N-ethyl adjacent to an activating group) is 1. The minimum atomic E-state index is -0.0663. The molecule has 0 spiro atoms. The second kappa shape index (κ2) is 7.23. The first kappa shape index (κ1) is 14.8. The van der Waals surface area contributed by atoms with E-state index in [-0.39, 0.29) is 12.5 Å². The third-order valence-electron chi connectivity index (χ3n) is 2.82. The molecule has 0 saturated carbocycles. The van der Waals surface area contributed by atoms with E-state index in [1.165, 1.54) is 0 Å². The van der Waals surface area contributed by atoms with Gasteiger partial charge in [0.1, 0.15) is 11.6 Å². The number of carbonyl (C=O) groups is 1. The summed E-state index contributed by atoms with van der Waals surface area (Å²) >= 11 is 0. The smallest absolute Gasteiger partial charge is 0.239 e. The molecule has 1 heterocycles. The Balaban J connectivity index is 2.20. The average Bonchev–Trinajstić information content (AvgIpc) is 2.54. The van der Waals surface area contributed by atoms with Crippen LogP contribution in [0.4, 0.5) is 11.6 Å². The monoisotopic (exact) mass is 285 g/mol. The van der Waals surface area contributed by atoms with Gasteiger partial charge >= 0.3 is 0 Å². The van der Waals surface area contributed by atoms with Crippen molar-refractivity contribution in [1.82, 2.24) is 15.3 Å². The molecule has 21 heavy (non-hydrogen) atoms. The molecule has 0 bridgehead atoms. The highest BCUT2D eigenvalue weighted by Crippen LogP contribution is 2.19. The number of nitrogens with one attached hydrogen (secondary N) is 3. The Morgan fingerprint density at radius 1 is 1.14 bits per heavy atom. The Hall–Kier alpha value is -2.63. The molecule has 6 heteroatoms. The van der Waals surface area contributed by atoms with Gasteiger partial charge in [-0.05, 0) is 6.92 Å². The lowest BCUT2D eigenvalue weighted by Crippen LogP contribution is -2.29. The maximum Gasteiger partial charge on any atom is 0.239 e. The number of rotatable bonds is 6. The highest BCUT2D eigenvalue weighted by Gasteiger charge is 2.07. The number of hydrogen-bond donors (Lipinski definition) is 3. The van der Waals surface area contributed by atoms with E-state index in [4.69, 9.17) is 0 Å². The molecule has 0 aliphatic heterocycles. The molecule has 0 atom stereocenters. The van der Waals surface area contributed by atoms with Crippen molar-refractivity contribution in [3.63, 3.8) is 0 Å². The molecule has 2 aromatic rings. The lowest BCUT2D eigenvalue weighted by molar-refractivity contribution is -0.119. The lowest BCUT2D eigenvalue weighted by Gasteiger charge is -2.10. The standard InChI is InChI=1S/C15H19N5O/c1-3-17-14(21)10-18-13-9-12(16-2)19-15(20-13)11-7-5-4-6-8-11/h4-9H,3,10H2,1-2H3,(H,17,21)(H2,16,18,19,20). The van der Waals surface area contributed by atoms with Gasteiger partial charge in [-0.3, -0.25) is 4.79 Å². The predicted molar refractivity (Wildman–Crippen MR) is 84.2 cm³/mol. The first-order chi connectivity index (χ1) is 10.2. The van der Waals surface area contributed by atoms with E-state index >= 15 is 0 Å². The normalized spacial score (nSPS) is 10.0. The number of carbonyl (C=O) groups excluding carboxylic acids is 1. The van der Waals surface area contributed by atoms with Crippen LogP contribution in [0.5, 0.6) is 0 Å². The fourth-order valence-electron chi connectivity index (χ4n) is 1.81. The molecule has 1 aromatic carbocycles. The molecular formula is C15H19N5O. The van der Waals surface area contributed by atoms with Crippen molar-refractivity contribution in [3.05, 3.63) is 36.4 Å². The van der Waals surface area contributed by atoms with Gasteiger partial charge in [-0.2, -0.15) is 0 Å². The van der Waals surface area contributed by atoms with Crippen molar-refractivity contribution in [3.8, 4) is 11.4 Å². The zero-order valence-electron chi connectivity index (χ0n) is 12.2. The number of aromatic nitrogens is 2. The predicted octanol–water partition coefficient (Wildman–Crippen LogP) is 1.73. The summed E-state index contributed by atoms with van der Waals surface area (Å²) in [6, 6.07) is 11.5. The molecule has 2 rings (SSSR count).